The number of aromatic nitrogens is 5. The molecule has 0 atom stereocenters. The van der Waals surface area contributed by atoms with E-state index in [1.807, 2.05) is 53.4 Å². The lowest BCUT2D eigenvalue weighted by Gasteiger charge is -2.03. The molecular weight excluding hydrogens is 226 g/mol. The summed E-state index contributed by atoms with van der Waals surface area (Å²) in [6.07, 6.45) is 1.81. The van der Waals surface area contributed by atoms with Crippen molar-refractivity contribution in [1.82, 2.24) is 25.0 Å². The van der Waals surface area contributed by atoms with E-state index >= 15 is 0 Å². The summed E-state index contributed by atoms with van der Waals surface area (Å²) in [5.41, 5.74) is 4.71. The Bertz CT molecular complexity index is 842. The summed E-state index contributed by atoms with van der Waals surface area (Å²) in [5, 5.41) is 11.0. The Hall–Kier alpha value is -2.69. The summed E-state index contributed by atoms with van der Waals surface area (Å²) in [5.74, 6) is 0. The fourth-order valence-corrected chi connectivity index (χ4v) is 2.20. The van der Waals surface area contributed by atoms with Gasteiger partial charge in [-0.3, -0.25) is 4.57 Å². The first-order valence-corrected chi connectivity index (χ1v) is 5.65. The van der Waals surface area contributed by atoms with Crippen LogP contribution >= 0.6 is 0 Å². The van der Waals surface area contributed by atoms with Crippen LogP contribution in [0.4, 0.5) is 0 Å². The Balaban J connectivity index is 2.10. The van der Waals surface area contributed by atoms with Gasteiger partial charge in [0.2, 0.25) is 0 Å². The molecule has 0 aliphatic heterocycles. The molecule has 5 heteroatoms. The van der Waals surface area contributed by atoms with Crippen LogP contribution in [0, 0.1) is 0 Å². The van der Waals surface area contributed by atoms with Crippen molar-refractivity contribution >= 4 is 22.1 Å². The summed E-state index contributed by atoms with van der Waals surface area (Å²) in [4.78, 5) is 4.39. The second-order valence-electron chi connectivity index (χ2n) is 4.07. The van der Waals surface area contributed by atoms with Gasteiger partial charge < -0.3 is 0 Å². The predicted octanol–water partition coefficient (Wildman–Crippen LogP) is 2.30. The van der Waals surface area contributed by atoms with E-state index in [1.165, 1.54) is 0 Å². The average molecular weight is 235 g/mol. The van der Waals surface area contributed by atoms with E-state index in [-0.39, 0.29) is 0 Å². The fraction of sp³-hybridized carbons (Fsp3) is 0. The smallest absolute Gasteiger partial charge is 0.136 e. The molecule has 4 aromatic rings. The fourth-order valence-electron chi connectivity index (χ4n) is 2.20. The third-order valence-corrected chi connectivity index (χ3v) is 3.04. The van der Waals surface area contributed by atoms with E-state index in [9.17, 15) is 0 Å². The first-order chi connectivity index (χ1) is 8.93. The molecule has 0 bridgehead atoms. The molecule has 5 nitrogen and oxygen atoms in total. The number of rotatable bonds is 1. The molecule has 0 spiro atoms. The van der Waals surface area contributed by atoms with Gasteiger partial charge in [0.1, 0.15) is 17.4 Å². The van der Waals surface area contributed by atoms with E-state index in [0.29, 0.717) is 0 Å². The summed E-state index contributed by atoms with van der Waals surface area (Å²) < 4.78 is 2.03. The molecule has 0 saturated carbocycles. The van der Waals surface area contributed by atoms with Gasteiger partial charge in [-0.15, -0.1) is 0 Å². The molecule has 4 rings (SSSR count). The van der Waals surface area contributed by atoms with Gasteiger partial charge in [0, 0.05) is 0 Å². The van der Waals surface area contributed by atoms with Crippen LogP contribution < -0.4 is 0 Å². The lowest BCUT2D eigenvalue weighted by atomic mass is 10.2. The number of nitrogens with zero attached hydrogens (tertiary/aromatic N) is 4. The third-order valence-electron chi connectivity index (χ3n) is 3.04. The number of fused-ring (bicyclic) bond motifs is 2. The number of H-pyrrole nitrogens is 1. The molecule has 2 heterocycles. The standard InChI is InChI=1S/C13H9N5/c1-2-6-11-9(4-1)14-8-18(11)12-7-3-5-10-13(12)16-17-15-10/h1-8H,(H,15,16,17). The highest BCUT2D eigenvalue weighted by Gasteiger charge is 2.09. The number of nitrogens with one attached hydrogen (secondary N) is 1. The van der Waals surface area contributed by atoms with Crippen LogP contribution in [-0.4, -0.2) is 25.0 Å². The minimum Gasteiger partial charge on any atom is -0.297 e. The molecule has 0 aliphatic rings. The summed E-state index contributed by atoms with van der Waals surface area (Å²) in [6.45, 7) is 0. The highest BCUT2D eigenvalue weighted by molar-refractivity contribution is 5.86. The Morgan fingerprint density at radius 1 is 0.889 bits per heavy atom. The van der Waals surface area contributed by atoms with E-state index in [1.54, 1.807) is 0 Å². The zero-order valence-electron chi connectivity index (χ0n) is 9.41. The lowest BCUT2D eigenvalue weighted by Crippen LogP contribution is -1.93. The number of hydrogen-bond donors (Lipinski definition) is 1. The largest absolute Gasteiger partial charge is 0.297 e. The normalized spacial score (nSPS) is 11.3. The quantitative estimate of drug-likeness (QED) is 0.550. The molecule has 0 unspecified atom stereocenters. The molecule has 18 heavy (non-hydrogen) atoms. The molecule has 0 aliphatic carbocycles. The van der Waals surface area contributed by atoms with Gasteiger partial charge in [-0.1, -0.05) is 18.2 Å². The van der Waals surface area contributed by atoms with Crippen LogP contribution in [0.2, 0.25) is 0 Å². The molecule has 0 amide bonds. The van der Waals surface area contributed by atoms with Crippen LogP contribution in [0.1, 0.15) is 0 Å². The van der Waals surface area contributed by atoms with E-state index in [2.05, 4.69) is 20.4 Å². The summed E-state index contributed by atoms with van der Waals surface area (Å²) in [6, 6.07) is 13.9. The van der Waals surface area contributed by atoms with Crippen LogP contribution in [0.5, 0.6) is 0 Å². The maximum Gasteiger partial charge on any atom is 0.136 e. The molecule has 2 aromatic heterocycles. The molecule has 0 fully saturated rings. The SMILES string of the molecule is c1cc(-n2cnc3ccccc32)c2n[nH]nc2c1. The van der Waals surface area contributed by atoms with Crippen molar-refractivity contribution < 1.29 is 0 Å². The van der Waals surface area contributed by atoms with Crippen LogP contribution in [0.15, 0.2) is 48.8 Å². The van der Waals surface area contributed by atoms with Crippen molar-refractivity contribution in [2.45, 2.75) is 0 Å². The Labute approximate surface area is 102 Å². The topological polar surface area (TPSA) is 59.4 Å². The summed E-state index contributed by atoms with van der Waals surface area (Å²) in [7, 11) is 0. The van der Waals surface area contributed by atoms with Crippen molar-refractivity contribution in [3.05, 3.63) is 48.8 Å². The van der Waals surface area contributed by atoms with E-state index < -0.39 is 0 Å². The van der Waals surface area contributed by atoms with Crippen molar-refractivity contribution in [3.8, 4) is 5.69 Å². The minimum atomic E-state index is 0.848. The van der Waals surface area contributed by atoms with Crippen LogP contribution in [0.3, 0.4) is 0 Å². The predicted molar refractivity (Wildman–Crippen MR) is 68.5 cm³/mol. The van der Waals surface area contributed by atoms with Gasteiger partial charge in [-0.2, -0.15) is 15.4 Å². The van der Waals surface area contributed by atoms with Crippen LogP contribution in [-0.2, 0) is 0 Å². The Morgan fingerprint density at radius 2 is 1.78 bits per heavy atom. The van der Waals surface area contributed by atoms with Crippen molar-refractivity contribution in [3.63, 3.8) is 0 Å². The molecule has 0 saturated heterocycles. The van der Waals surface area contributed by atoms with Crippen LogP contribution in [0.25, 0.3) is 27.8 Å². The lowest BCUT2D eigenvalue weighted by molar-refractivity contribution is 0.956. The van der Waals surface area contributed by atoms with Gasteiger partial charge in [-0.25, -0.2) is 4.98 Å². The maximum atomic E-state index is 4.39. The first kappa shape index (κ1) is 9.35. The van der Waals surface area contributed by atoms with E-state index in [4.69, 9.17) is 0 Å². The van der Waals surface area contributed by atoms with Gasteiger partial charge in [0.25, 0.3) is 0 Å². The molecular formula is C13H9N5. The van der Waals surface area contributed by atoms with Crippen molar-refractivity contribution in [2.75, 3.05) is 0 Å². The van der Waals surface area contributed by atoms with Crippen molar-refractivity contribution in [2.24, 2.45) is 0 Å². The molecule has 86 valence electrons. The maximum absolute atomic E-state index is 4.39. The number of benzene rings is 2. The van der Waals surface area contributed by atoms with Gasteiger partial charge in [0.15, 0.2) is 0 Å². The summed E-state index contributed by atoms with van der Waals surface area (Å²) >= 11 is 0. The highest BCUT2D eigenvalue weighted by atomic mass is 15.3. The number of para-hydroxylation sites is 3. The molecule has 1 N–H and O–H groups in total. The number of imidazole rings is 1. The monoisotopic (exact) mass is 235 g/mol. The second kappa shape index (κ2) is 3.40. The van der Waals surface area contributed by atoms with Gasteiger partial charge in [-0.05, 0) is 24.3 Å². The number of aromatic amines is 1. The second-order valence-corrected chi connectivity index (χ2v) is 4.07. The minimum absolute atomic E-state index is 0.848. The third kappa shape index (κ3) is 1.18. The van der Waals surface area contributed by atoms with E-state index in [0.717, 1.165) is 27.8 Å². The molecule has 0 radical (unpaired) electrons. The first-order valence-electron chi connectivity index (χ1n) is 5.65. The van der Waals surface area contributed by atoms with Crippen molar-refractivity contribution in [1.29, 1.82) is 0 Å². The van der Waals surface area contributed by atoms with Gasteiger partial charge >= 0.3 is 0 Å². The molecule has 2 aromatic carbocycles. The Morgan fingerprint density at radius 3 is 2.78 bits per heavy atom. The average Bonchev–Trinajstić information content (AvgIpc) is 3.05. The Kier molecular flexibility index (Phi) is 1.77. The highest BCUT2D eigenvalue weighted by Crippen LogP contribution is 2.22. The zero-order chi connectivity index (χ0) is 11.9. The van der Waals surface area contributed by atoms with Gasteiger partial charge in [0.05, 0.1) is 16.7 Å². The zero-order valence-corrected chi connectivity index (χ0v) is 9.41. The number of hydrogen-bond acceptors (Lipinski definition) is 3.